The molecule has 134 valence electrons. The molecule has 0 aliphatic rings. The van der Waals surface area contributed by atoms with Crippen molar-refractivity contribution in [1.82, 2.24) is 4.90 Å². The minimum atomic E-state index is 0.192. The molecule has 25 heavy (non-hydrogen) atoms. The first kappa shape index (κ1) is 19.0. The maximum absolute atomic E-state index is 12.7. The van der Waals surface area contributed by atoms with Crippen molar-refractivity contribution in [3.8, 4) is 0 Å². The largest absolute Gasteiger partial charge is 0.384 e. The Kier molecular flexibility index (Phi) is 7.05. The summed E-state index contributed by atoms with van der Waals surface area (Å²) in [4.78, 5) is 14.7. The highest BCUT2D eigenvalue weighted by molar-refractivity contribution is 5.77. The number of para-hydroxylation sites is 1. The monoisotopic (exact) mass is 338 g/mol. The molecule has 0 saturated carbocycles. The van der Waals surface area contributed by atoms with E-state index in [1.807, 2.05) is 23.1 Å². The van der Waals surface area contributed by atoms with Crippen LogP contribution < -0.4 is 5.32 Å². The van der Waals surface area contributed by atoms with Crippen LogP contribution in [0.25, 0.3) is 0 Å². The van der Waals surface area contributed by atoms with Crippen molar-refractivity contribution in [2.75, 3.05) is 11.9 Å². The summed E-state index contributed by atoms with van der Waals surface area (Å²) in [5.41, 5.74) is 4.89. The zero-order valence-corrected chi connectivity index (χ0v) is 15.9. The van der Waals surface area contributed by atoms with Gasteiger partial charge in [0.2, 0.25) is 5.91 Å². The number of amides is 1. The molecular weight excluding hydrogens is 308 g/mol. The summed E-state index contributed by atoms with van der Waals surface area (Å²) < 4.78 is 0. The first-order valence-electron chi connectivity index (χ1n) is 9.18. The van der Waals surface area contributed by atoms with Gasteiger partial charge in [0.25, 0.3) is 0 Å². The second kappa shape index (κ2) is 9.26. The number of hydrogen-bond donors (Lipinski definition) is 1. The van der Waals surface area contributed by atoms with Gasteiger partial charge < -0.3 is 10.2 Å². The van der Waals surface area contributed by atoms with Crippen LogP contribution in [0.2, 0.25) is 0 Å². The fourth-order valence-electron chi connectivity index (χ4n) is 3.05. The third kappa shape index (κ3) is 5.35. The van der Waals surface area contributed by atoms with Crippen LogP contribution in [0.3, 0.4) is 0 Å². The molecule has 0 unspecified atom stereocenters. The molecule has 3 heteroatoms. The predicted octanol–water partition coefficient (Wildman–Crippen LogP) is 4.80. The average molecular weight is 338 g/mol. The van der Waals surface area contributed by atoms with Gasteiger partial charge in [-0.25, -0.2) is 0 Å². The van der Waals surface area contributed by atoms with Crippen LogP contribution in [-0.4, -0.2) is 23.4 Å². The Morgan fingerprint density at radius 1 is 1.08 bits per heavy atom. The molecule has 2 aromatic rings. The Balaban J connectivity index is 1.96. The summed E-state index contributed by atoms with van der Waals surface area (Å²) in [6, 6.07) is 16.7. The number of carbonyl (C=O) groups is 1. The van der Waals surface area contributed by atoms with Crippen LogP contribution in [0.5, 0.6) is 0 Å². The van der Waals surface area contributed by atoms with Crippen molar-refractivity contribution in [3.63, 3.8) is 0 Å². The normalized spacial score (nSPS) is 10.8. The summed E-state index contributed by atoms with van der Waals surface area (Å²) >= 11 is 0. The van der Waals surface area contributed by atoms with Crippen molar-refractivity contribution >= 4 is 11.6 Å². The van der Waals surface area contributed by atoms with Crippen LogP contribution in [0, 0.1) is 6.92 Å². The number of anilines is 1. The van der Waals surface area contributed by atoms with Crippen molar-refractivity contribution in [2.24, 2.45) is 0 Å². The quantitative estimate of drug-likeness (QED) is 0.750. The minimum absolute atomic E-state index is 0.192. The second-order valence-corrected chi connectivity index (χ2v) is 6.74. The van der Waals surface area contributed by atoms with E-state index in [2.05, 4.69) is 63.3 Å². The van der Waals surface area contributed by atoms with Gasteiger partial charge in [0.05, 0.1) is 0 Å². The summed E-state index contributed by atoms with van der Waals surface area (Å²) in [6.45, 7) is 9.75. The summed E-state index contributed by atoms with van der Waals surface area (Å²) in [6.07, 6.45) is 1.49. The predicted molar refractivity (Wildman–Crippen MR) is 106 cm³/mol. The number of nitrogens with one attached hydrogen (secondary N) is 1. The van der Waals surface area contributed by atoms with E-state index in [1.165, 1.54) is 22.4 Å². The second-order valence-electron chi connectivity index (χ2n) is 6.74. The molecule has 0 bridgehead atoms. The van der Waals surface area contributed by atoms with Crippen molar-refractivity contribution in [1.29, 1.82) is 0 Å². The smallest absolute Gasteiger partial charge is 0.224 e. The van der Waals surface area contributed by atoms with Gasteiger partial charge in [-0.05, 0) is 43.9 Å². The zero-order valence-electron chi connectivity index (χ0n) is 15.9. The van der Waals surface area contributed by atoms with Crippen LogP contribution >= 0.6 is 0 Å². The van der Waals surface area contributed by atoms with Crippen LogP contribution in [0.15, 0.2) is 48.5 Å². The van der Waals surface area contributed by atoms with Gasteiger partial charge in [-0.15, -0.1) is 0 Å². The minimum Gasteiger partial charge on any atom is -0.384 e. The molecule has 0 fully saturated rings. The molecule has 1 N–H and O–H groups in total. The van der Waals surface area contributed by atoms with Gasteiger partial charge in [0.15, 0.2) is 0 Å². The molecule has 0 radical (unpaired) electrons. The lowest BCUT2D eigenvalue weighted by atomic mass is 10.1. The van der Waals surface area contributed by atoms with Gasteiger partial charge in [-0.2, -0.15) is 0 Å². The molecule has 2 aromatic carbocycles. The fourth-order valence-corrected chi connectivity index (χ4v) is 3.05. The lowest BCUT2D eigenvalue weighted by molar-refractivity contribution is -0.133. The van der Waals surface area contributed by atoms with Crippen molar-refractivity contribution < 1.29 is 4.79 Å². The van der Waals surface area contributed by atoms with E-state index < -0.39 is 0 Å². The number of benzene rings is 2. The van der Waals surface area contributed by atoms with Crippen molar-refractivity contribution in [3.05, 3.63) is 65.2 Å². The van der Waals surface area contributed by atoms with E-state index in [0.717, 1.165) is 6.42 Å². The molecule has 0 spiro atoms. The van der Waals surface area contributed by atoms with Gasteiger partial charge >= 0.3 is 0 Å². The van der Waals surface area contributed by atoms with Crippen LogP contribution in [-0.2, 0) is 17.8 Å². The number of nitrogens with zero attached hydrogens (tertiary/aromatic N) is 1. The van der Waals surface area contributed by atoms with Crippen LogP contribution in [0.4, 0.5) is 5.69 Å². The van der Waals surface area contributed by atoms with E-state index in [9.17, 15) is 4.79 Å². The molecular formula is C22H30N2O. The van der Waals surface area contributed by atoms with Gasteiger partial charge in [0.1, 0.15) is 0 Å². The molecule has 1 amide bonds. The van der Waals surface area contributed by atoms with Crippen LogP contribution in [0.1, 0.15) is 43.9 Å². The van der Waals surface area contributed by atoms with E-state index in [-0.39, 0.29) is 11.9 Å². The maximum atomic E-state index is 12.7. The summed E-state index contributed by atoms with van der Waals surface area (Å²) in [5.74, 6) is 0.193. The Bertz CT molecular complexity index is 680. The molecule has 0 aliphatic carbocycles. The molecule has 0 aromatic heterocycles. The Morgan fingerprint density at radius 2 is 1.80 bits per heavy atom. The third-order valence-electron chi connectivity index (χ3n) is 4.52. The number of aryl methyl sites for hydroxylation is 2. The highest BCUT2D eigenvalue weighted by atomic mass is 16.2. The third-order valence-corrected chi connectivity index (χ3v) is 4.52. The van der Waals surface area contributed by atoms with E-state index >= 15 is 0 Å². The summed E-state index contributed by atoms with van der Waals surface area (Å²) in [7, 11) is 0. The first-order chi connectivity index (χ1) is 12.0. The van der Waals surface area contributed by atoms with Crippen molar-refractivity contribution in [2.45, 2.75) is 53.1 Å². The number of hydrogen-bond acceptors (Lipinski definition) is 2. The lowest BCUT2D eigenvalue weighted by Crippen LogP contribution is -2.37. The van der Waals surface area contributed by atoms with E-state index in [4.69, 9.17) is 0 Å². The average Bonchev–Trinajstić information content (AvgIpc) is 2.61. The molecule has 0 aliphatic heterocycles. The van der Waals surface area contributed by atoms with E-state index in [1.54, 1.807) is 0 Å². The van der Waals surface area contributed by atoms with Gasteiger partial charge in [0, 0.05) is 31.2 Å². The molecule has 2 rings (SSSR count). The highest BCUT2D eigenvalue weighted by Crippen LogP contribution is 2.21. The van der Waals surface area contributed by atoms with Gasteiger partial charge in [-0.1, -0.05) is 55.5 Å². The molecule has 0 atom stereocenters. The van der Waals surface area contributed by atoms with Gasteiger partial charge in [-0.3, -0.25) is 4.79 Å². The number of rotatable bonds is 8. The first-order valence-corrected chi connectivity index (χ1v) is 9.18. The fraction of sp³-hybridized carbons (Fsp3) is 0.409. The SMILES string of the molecule is CCc1cccc(C)c1NCCC(=O)N(Cc1ccccc1)C(C)C. The molecule has 3 nitrogen and oxygen atoms in total. The maximum Gasteiger partial charge on any atom is 0.224 e. The Morgan fingerprint density at radius 3 is 2.44 bits per heavy atom. The zero-order chi connectivity index (χ0) is 18.2. The molecule has 0 saturated heterocycles. The molecule has 0 heterocycles. The number of carbonyl (C=O) groups excluding carboxylic acids is 1. The standard InChI is InChI=1S/C22H30N2O/c1-5-20-13-9-10-18(4)22(20)23-15-14-21(25)24(17(2)3)16-19-11-7-6-8-12-19/h6-13,17,23H,5,14-16H2,1-4H3. The highest BCUT2D eigenvalue weighted by Gasteiger charge is 2.17. The lowest BCUT2D eigenvalue weighted by Gasteiger charge is -2.27. The Hall–Kier alpha value is -2.29. The summed E-state index contributed by atoms with van der Waals surface area (Å²) in [5, 5.41) is 3.47. The van der Waals surface area contributed by atoms with E-state index in [0.29, 0.717) is 19.5 Å². The topological polar surface area (TPSA) is 32.3 Å². The Labute approximate surface area is 152 Å².